The number of hydrogen-bond donors (Lipinski definition) is 1. The van der Waals surface area contributed by atoms with Crippen LogP contribution in [0.2, 0.25) is 0 Å². The summed E-state index contributed by atoms with van der Waals surface area (Å²) in [4.78, 5) is 0. The van der Waals surface area contributed by atoms with Crippen molar-refractivity contribution in [1.29, 1.82) is 0 Å². The van der Waals surface area contributed by atoms with E-state index in [9.17, 15) is 0 Å². The van der Waals surface area contributed by atoms with Crippen LogP contribution in [0.5, 0.6) is 0 Å². The molecule has 0 radical (unpaired) electrons. The van der Waals surface area contributed by atoms with Gasteiger partial charge in [-0.1, -0.05) is 6.08 Å². The lowest BCUT2D eigenvalue weighted by Gasteiger charge is -2.43. The summed E-state index contributed by atoms with van der Waals surface area (Å²) in [5.74, 6) is 0. The molecule has 2 atom stereocenters. The molecular weight excluding hydrogens is 265 g/mol. The zero-order chi connectivity index (χ0) is 8.48. The number of likely N-dealkylation sites (N-methyl/N-ethyl adjacent to an activating group) is 1. The Kier molecular flexibility index (Phi) is 4.73. The van der Waals surface area contributed by atoms with E-state index in [0.29, 0.717) is 18.7 Å². The van der Waals surface area contributed by atoms with E-state index in [1.165, 1.54) is 0 Å². The summed E-state index contributed by atoms with van der Waals surface area (Å²) in [6, 6.07) is 0.913. The van der Waals surface area contributed by atoms with Gasteiger partial charge in [-0.3, -0.25) is 0 Å². The monoisotopic (exact) mass is 283 g/mol. The third-order valence-corrected chi connectivity index (χ3v) is 3.02. The molecule has 0 bridgehead atoms. The molecule has 2 nitrogen and oxygen atoms in total. The highest BCUT2D eigenvalue weighted by atomic mass is 127. The fourth-order valence-electron chi connectivity index (χ4n) is 1.54. The first-order valence-corrected chi connectivity index (χ1v) is 4.20. The molecule has 0 saturated heterocycles. The highest BCUT2D eigenvalue weighted by molar-refractivity contribution is 4.94. The predicted molar refractivity (Wildman–Crippen MR) is 46.2 cm³/mol. The third-order valence-electron chi connectivity index (χ3n) is 3.02. The predicted octanol–water partition coefficient (Wildman–Crippen LogP) is -2.22. The van der Waals surface area contributed by atoms with Crippen LogP contribution in [0.25, 0.3) is 0 Å². The minimum atomic E-state index is 0. The zero-order valence-corrected chi connectivity index (χ0v) is 10.2. The Bertz CT molecular complexity index is 168. The van der Waals surface area contributed by atoms with E-state index in [0.717, 1.165) is 10.9 Å². The second-order valence-corrected chi connectivity index (χ2v) is 3.87. The van der Waals surface area contributed by atoms with Gasteiger partial charge in [-0.15, -0.1) is 0 Å². The van der Waals surface area contributed by atoms with Crippen LogP contribution < -0.4 is 24.0 Å². The minimum Gasteiger partial charge on any atom is -1.00 e. The Morgan fingerprint density at radius 2 is 2.08 bits per heavy atom. The molecule has 0 aromatic rings. The number of halogens is 1. The lowest BCUT2D eigenvalue weighted by Crippen LogP contribution is -3.00. The molecule has 0 fully saturated rings. The number of quaternary nitrogens is 1. The molecule has 0 aromatic carbocycles. The molecular formula is C9H18INO. The van der Waals surface area contributed by atoms with Gasteiger partial charge in [-0.2, -0.15) is 0 Å². The van der Waals surface area contributed by atoms with Gasteiger partial charge in [0.05, 0.1) is 20.7 Å². The molecule has 1 N–H and O–H groups in total. The summed E-state index contributed by atoms with van der Waals surface area (Å²) in [6.45, 7) is 2.49. The highest BCUT2D eigenvalue weighted by Crippen LogP contribution is 2.21. The smallest absolute Gasteiger partial charge is 0.116 e. The molecule has 72 valence electrons. The molecule has 0 saturated carbocycles. The topological polar surface area (TPSA) is 20.2 Å². The average molecular weight is 283 g/mol. The van der Waals surface area contributed by atoms with Crippen molar-refractivity contribution in [3.63, 3.8) is 0 Å². The van der Waals surface area contributed by atoms with Gasteiger partial charge in [0.15, 0.2) is 0 Å². The van der Waals surface area contributed by atoms with Crippen LogP contribution in [0.3, 0.4) is 0 Å². The third kappa shape index (κ3) is 2.20. The van der Waals surface area contributed by atoms with Gasteiger partial charge in [0, 0.05) is 6.42 Å². The summed E-state index contributed by atoms with van der Waals surface area (Å²) in [5, 5.41) is 9.09. The Labute approximate surface area is 91.9 Å². The highest BCUT2D eigenvalue weighted by Gasteiger charge is 2.33. The van der Waals surface area contributed by atoms with E-state index in [1.807, 2.05) is 0 Å². The van der Waals surface area contributed by atoms with Crippen LogP contribution in [0.4, 0.5) is 0 Å². The van der Waals surface area contributed by atoms with E-state index in [4.69, 9.17) is 5.11 Å². The molecule has 1 heterocycles. The van der Waals surface area contributed by atoms with Crippen LogP contribution in [-0.2, 0) is 0 Å². The fraction of sp³-hybridized carbons (Fsp3) is 0.778. The Morgan fingerprint density at radius 3 is 2.50 bits per heavy atom. The minimum absolute atomic E-state index is 0. The number of aliphatic hydroxyl groups excluding tert-OH is 1. The van der Waals surface area contributed by atoms with Crippen LogP contribution >= 0.6 is 0 Å². The summed E-state index contributed by atoms with van der Waals surface area (Å²) in [5.41, 5.74) is 0. The van der Waals surface area contributed by atoms with Gasteiger partial charge in [0.1, 0.15) is 12.1 Å². The Morgan fingerprint density at radius 1 is 1.50 bits per heavy atom. The Hall–Kier alpha value is 0.390. The van der Waals surface area contributed by atoms with Crippen molar-refractivity contribution in [2.45, 2.75) is 25.4 Å². The van der Waals surface area contributed by atoms with Crippen molar-refractivity contribution in [2.24, 2.45) is 0 Å². The first kappa shape index (κ1) is 12.4. The number of aliphatic hydroxyl groups is 1. The van der Waals surface area contributed by atoms with Crippen molar-refractivity contribution in [3.8, 4) is 0 Å². The maximum atomic E-state index is 9.09. The summed E-state index contributed by atoms with van der Waals surface area (Å²) in [7, 11) is 4.35. The van der Waals surface area contributed by atoms with Gasteiger partial charge < -0.3 is 33.6 Å². The first-order valence-electron chi connectivity index (χ1n) is 4.20. The Balaban J connectivity index is 0.00000121. The molecule has 0 unspecified atom stereocenters. The SMILES string of the molecule is C[C@H]1C=CC[C@@H](CO)[N+]1(C)C.[I-]. The molecule has 1 aliphatic rings. The van der Waals surface area contributed by atoms with Crippen molar-refractivity contribution in [3.05, 3.63) is 12.2 Å². The summed E-state index contributed by atoms with van der Waals surface area (Å²) in [6.07, 6.45) is 5.41. The molecule has 3 heteroatoms. The van der Waals surface area contributed by atoms with Gasteiger partial charge in [-0.25, -0.2) is 0 Å². The number of hydrogen-bond acceptors (Lipinski definition) is 1. The maximum Gasteiger partial charge on any atom is 0.116 e. The lowest BCUT2D eigenvalue weighted by molar-refractivity contribution is -0.932. The summed E-state index contributed by atoms with van der Waals surface area (Å²) < 4.78 is 0.910. The molecule has 12 heavy (non-hydrogen) atoms. The van der Waals surface area contributed by atoms with E-state index in [1.54, 1.807) is 0 Å². The first-order chi connectivity index (χ1) is 5.09. The van der Waals surface area contributed by atoms with Crippen molar-refractivity contribution >= 4 is 0 Å². The average Bonchev–Trinajstić information content (AvgIpc) is 1.95. The van der Waals surface area contributed by atoms with Crippen LogP contribution in [0.15, 0.2) is 12.2 Å². The van der Waals surface area contributed by atoms with Gasteiger partial charge in [0.25, 0.3) is 0 Å². The maximum absolute atomic E-state index is 9.09. The number of nitrogens with zero attached hydrogens (tertiary/aromatic N) is 1. The molecule has 1 rings (SSSR count). The molecule has 1 aliphatic heterocycles. The zero-order valence-electron chi connectivity index (χ0n) is 8.00. The van der Waals surface area contributed by atoms with E-state index in [2.05, 4.69) is 33.2 Å². The second-order valence-electron chi connectivity index (χ2n) is 3.87. The normalized spacial score (nSPS) is 32.7. The number of rotatable bonds is 1. The van der Waals surface area contributed by atoms with E-state index in [-0.39, 0.29) is 24.0 Å². The van der Waals surface area contributed by atoms with Crippen molar-refractivity contribution in [2.75, 3.05) is 20.7 Å². The second kappa shape index (κ2) is 4.58. The largest absolute Gasteiger partial charge is 1.00 e. The fourth-order valence-corrected chi connectivity index (χ4v) is 1.54. The van der Waals surface area contributed by atoms with Crippen LogP contribution in [0.1, 0.15) is 13.3 Å². The standard InChI is InChI=1S/C9H18NO.HI/c1-8-5-4-6-9(7-11)10(8,2)3;/h4-5,8-9,11H,6-7H2,1-3H3;1H/q+1;/p-1/t8-,9-;/m0./s1. The van der Waals surface area contributed by atoms with Gasteiger partial charge in [0.2, 0.25) is 0 Å². The van der Waals surface area contributed by atoms with E-state index >= 15 is 0 Å². The molecule has 0 aromatic heterocycles. The van der Waals surface area contributed by atoms with E-state index < -0.39 is 0 Å². The quantitative estimate of drug-likeness (QED) is 0.328. The molecule has 0 spiro atoms. The van der Waals surface area contributed by atoms with Crippen LogP contribution in [0, 0.1) is 0 Å². The van der Waals surface area contributed by atoms with Crippen LogP contribution in [-0.4, -0.2) is 42.4 Å². The lowest BCUT2D eigenvalue weighted by atomic mass is 10.0. The molecule has 0 amide bonds. The summed E-state index contributed by atoms with van der Waals surface area (Å²) >= 11 is 0. The van der Waals surface area contributed by atoms with Crippen molar-refractivity contribution in [1.82, 2.24) is 0 Å². The van der Waals surface area contributed by atoms with Crippen molar-refractivity contribution < 1.29 is 33.6 Å². The van der Waals surface area contributed by atoms with Gasteiger partial charge in [-0.05, 0) is 13.0 Å². The van der Waals surface area contributed by atoms with Gasteiger partial charge >= 0.3 is 0 Å². The molecule has 0 aliphatic carbocycles.